The highest BCUT2D eigenvalue weighted by Crippen LogP contribution is 2.36. The van der Waals surface area contributed by atoms with Crippen LogP contribution in [-0.4, -0.2) is 36.0 Å². The number of rotatable bonds is 5. The highest BCUT2D eigenvalue weighted by Gasteiger charge is 2.24. The molecule has 0 saturated heterocycles. The fraction of sp³-hybridized carbons (Fsp3) is 0.240. The van der Waals surface area contributed by atoms with E-state index in [9.17, 15) is 19.5 Å². The third-order valence-electron chi connectivity index (χ3n) is 6.43. The van der Waals surface area contributed by atoms with Crippen LogP contribution >= 0.6 is 11.6 Å². The average molecular weight is 507 g/mol. The number of aromatic hydroxyl groups is 1. The number of fused-ring (bicyclic) bond motifs is 2. The Morgan fingerprint density at radius 1 is 1.31 bits per heavy atom. The van der Waals surface area contributed by atoms with E-state index >= 15 is 0 Å². The molecule has 1 atom stereocenters. The zero-order valence-electron chi connectivity index (χ0n) is 19.4. The predicted octanol–water partition coefficient (Wildman–Crippen LogP) is 2.45. The molecule has 5 rings (SSSR count). The number of halogens is 1. The molecule has 3 heterocycles. The van der Waals surface area contributed by atoms with Crippen LogP contribution in [0.15, 0.2) is 47.8 Å². The van der Waals surface area contributed by atoms with Crippen LogP contribution in [0.5, 0.6) is 5.75 Å². The summed E-state index contributed by atoms with van der Waals surface area (Å²) in [7, 11) is 1.57. The Morgan fingerprint density at radius 3 is 2.89 bits per heavy atom. The van der Waals surface area contributed by atoms with Crippen LogP contribution in [0, 0.1) is 0 Å². The second kappa shape index (κ2) is 9.12. The zero-order chi connectivity index (χ0) is 25.6. The molecule has 2 amide bonds. The zero-order valence-corrected chi connectivity index (χ0v) is 20.1. The summed E-state index contributed by atoms with van der Waals surface area (Å²) in [6.45, 7) is -0.0861. The average Bonchev–Trinajstić information content (AvgIpc) is 3.21. The van der Waals surface area contributed by atoms with Crippen LogP contribution in [0.1, 0.15) is 40.5 Å². The lowest BCUT2D eigenvalue weighted by molar-refractivity contribution is -0.122. The van der Waals surface area contributed by atoms with Crippen molar-refractivity contribution in [3.63, 3.8) is 0 Å². The first-order chi connectivity index (χ1) is 17.2. The summed E-state index contributed by atoms with van der Waals surface area (Å²) in [6.07, 6.45) is 7.36. The molecule has 0 fully saturated rings. The van der Waals surface area contributed by atoms with Crippen molar-refractivity contribution in [3.05, 3.63) is 75.2 Å². The van der Waals surface area contributed by atoms with Gasteiger partial charge in [-0.15, -0.1) is 0 Å². The Kier molecular flexibility index (Phi) is 5.97. The summed E-state index contributed by atoms with van der Waals surface area (Å²) < 4.78 is 2.90. The number of phenols is 1. The first-order valence-electron chi connectivity index (χ1n) is 11.3. The normalized spacial score (nSPS) is 15.0. The van der Waals surface area contributed by atoms with Crippen LogP contribution in [0.25, 0.3) is 22.2 Å². The number of pyridine rings is 1. The molecule has 0 radical (unpaired) electrons. The van der Waals surface area contributed by atoms with Gasteiger partial charge in [0.15, 0.2) is 0 Å². The van der Waals surface area contributed by atoms with Crippen molar-refractivity contribution in [1.82, 2.24) is 24.4 Å². The van der Waals surface area contributed by atoms with E-state index in [0.29, 0.717) is 16.8 Å². The SMILES string of the molecule is Cn1cnc2c(c(-c3cc(Cl)c(O)c(C(N)=O)c3)cn2CC(=O)NC2CCCc3ncccc32)c1=O. The van der Waals surface area contributed by atoms with Gasteiger partial charge in [-0.05, 0) is 48.6 Å². The molecule has 10 nitrogen and oxygen atoms in total. The van der Waals surface area contributed by atoms with Crippen LogP contribution in [0.4, 0.5) is 0 Å². The number of amides is 2. The number of carbonyl (C=O) groups excluding carboxylic acids is 2. The first kappa shape index (κ1) is 23.6. The number of benzene rings is 1. The topological polar surface area (TPSA) is 145 Å². The van der Waals surface area contributed by atoms with Gasteiger partial charge in [-0.3, -0.25) is 19.4 Å². The van der Waals surface area contributed by atoms with Gasteiger partial charge in [0.25, 0.3) is 11.5 Å². The van der Waals surface area contributed by atoms with Crippen molar-refractivity contribution in [2.45, 2.75) is 31.8 Å². The number of nitrogens with two attached hydrogens (primary N) is 1. The Balaban J connectivity index is 1.54. The molecule has 3 aromatic heterocycles. The number of nitrogens with zero attached hydrogens (tertiary/aromatic N) is 4. The number of aryl methyl sites for hydroxylation is 2. The Labute approximate surface area is 210 Å². The van der Waals surface area contributed by atoms with Crippen molar-refractivity contribution in [2.75, 3.05) is 0 Å². The van der Waals surface area contributed by atoms with Gasteiger partial charge in [-0.1, -0.05) is 17.7 Å². The fourth-order valence-corrected chi connectivity index (χ4v) is 4.92. The molecule has 0 saturated carbocycles. The lowest BCUT2D eigenvalue weighted by Gasteiger charge is -2.25. The predicted molar refractivity (Wildman–Crippen MR) is 134 cm³/mol. The van der Waals surface area contributed by atoms with E-state index < -0.39 is 11.7 Å². The minimum absolute atomic E-state index is 0.0861. The van der Waals surface area contributed by atoms with Crippen LogP contribution in [0.2, 0.25) is 5.02 Å². The highest BCUT2D eigenvalue weighted by atomic mass is 35.5. The lowest BCUT2D eigenvalue weighted by Crippen LogP contribution is -2.33. The smallest absolute Gasteiger partial charge is 0.263 e. The number of hydrogen-bond acceptors (Lipinski definition) is 6. The van der Waals surface area contributed by atoms with Gasteiger partial charge in [0, 0.05) is 30.7 Å². The van der Waals surface area contributed by atoms with Crippen molar-refractivity contribution >= 4 is 34.4 Å². The quantitative estimate of drug-likeness (QED) is 0.379. The monoisotopic (exact) mass is 506 g/mol. The van der Waals surface area contributed by atoms with Gasteiger partial charge in [-0.25, -0.2) is 4.98 Å². The number of primary amides is 1. The van der Waals surface area contributed by atoms with Crippen molar-refractivity contribution in [3.8, 4) is 16.9 Å². The number of nitrogens with one attached hydrogen (secondary N) is 1. The molecule has 0 spiro atoms. The van der Waals surface area contributed by atoms with Crippen molar-refractivity contribution in [1.29, 1.82) is 0 Å². The van der Waals surface area contributed by atoms with Crippen LogP contribution < -0.4 is 16.6 Å². The summed E-state index contributed by atoms with van der Waals surface area (Å²) >= 11 is 6.14. The third-order valence-corrected chi connectivity index (χ3v) is 6.72. The number of carbonyl (C=O) groups is 2. The molecular formula is C25H23ClN6O4. The molecule has 4 N–H and O–H groups in total. The Bertz CT molecular complexity index is 1590. The third kappa shape index (κ3) is 4.09. The second-order valence-corrected chi connectivity index (χ2v) is 9.21. The van der Waals surface area contributed by atoms with Gasteiger partial charge in [0.05, 0.1) is 28.3 Å². The molecule has 1 aromatic carbocycles. The molecule has 1 aliphatic rings. The number of hydrogen-bond donors (Lipinski definition) is 3. The van der Waals surface area contributed by atoms with Crippen molar-refractivity contribution in [2.24, 2.45) is 12.8 Å². The maximum absolute atomic E-state index is 13.1. The minimum atomic E-state index is -0.868. The molecule has 11 heteroatoms. The van der Waals surface area contributed by atoms with Gasteiger partial charge in [-0.2, -0.15) is 0 Å². The van der Waals surface area contributed by atoms with E-state index in [1.807, 2.05) is 12.1 Å². The maximum atomic E-state index is 13.1. The van der Waals surface area contributed by atoms with Gasteiger partial charge >= 0.3 is 0 Å². The molecule has 0 aliphatic heterocycles. The Hall–Kier alpha value is -4.18. The number of aromatic nitrogens is 4. The highest BCUT2D eigenvalue weighted by molar-refractivity contribution is 6.33. The largest absolute Gasteiger partial charge is 0.506 e. The summed E-state index contributed by atoms with van der Waals surface area (Å²) in [5.41, 5.74) is 7.97. The standard InChI is InChI=1S/C25H23ClN6O4/c1-31-12-29-24-21(25(31)36)16(13-8-15(23(27)35)22(34)17(26)9-13)10-32(24)11-20(33)30-19-6-2-5-18-14(19)4-3-7-28-18/h3-4,7-10,12,19,34H,2,5-6,11H2,1H3,(H2,27,35)(H,30,33). The van der Waals surface area contributed by atoms with E-state index in [2.05, 4.69) is 15.3 Å². The molecule has 0 bridgehead atoms. The molecular weight excluding hydrogens is 484 g/mol. The van der Waals surface area contributed by atoms with E-state index in [4.69, 9.17) is 17.3 Å². The second-order valence-electron chi connectivity index (χ2n) is 8.80. The van der Waals surface area contributed by atoms with Gasteiger partial charge < -0.3 is 25.3 Å². The summed E-state index contributed by atoms with van der Waals surface area (Å²) in [5, 5.41) is 13.4. The molecule has 184 valence electrons. The van der Waals surface area contributed by atoms with Gasteiger partial charge in [0.2, 0.25) is 5.91 Å². The fourth-order valence-electron chi connectivity index (χ4n) is 4.70. The molecule has 36 heavy (non-hydrogen) atoms. The Morgan fingerprint density at radius 2 is 2.11 bits per heavy atom. The summed E-state index contributed by atoms with van der Waals surface area (Å²) in [4.78, 5) is 46.8. The van der Waals surface area contributed by atoms with E-state index in [1.165, 1.54) is 23.0 Å². The first-order valence-corrected chi connectivity index (χ1v) is 11.7. The minimum Gasteiger partial charge on any atom is -0.506 e. The van der Waals surface area contributed by atoms with Crippen molar-refractivity contribution < 1.29 is 14.7 Å². The molecule has 1 unspecified atom stereocenters. The maximum Gasteiger partial charge on any atom is 0.263 e. The molecule has 4 aromatic rings. The van der Waals surface area contributed by atoms with E-state index in [1.54, 1.807) is 24.0 Å². The van der Waals surface area contributed by atoms with Crippen LogP contribution in [0.3, 0.4) is 0 Å². The lowest BCUT2D eigenvalue weighted by atomic mass is 9.91. The summed E-state index contributed by atoms with van der Waals surface area (Å²) in [6, 6.07) is 6.48. The molecule has 1 aliphatic carbocycles. The van der Waals surface area contributed by atoms with E-state index in [0.717, 1.165) is 30.5 Å². The van der Waals surface area contributed by atoms with E-state index in [-0.39, 0.29) is 40.0 Å². The van der Waals surface area contributed by atoms with Gasteiger partial charge in [0.1, 0.15) is 17.9 Å². The summed E-state index contributed by atoms with van der Waals surface area (Å²) in [5.74, 6) is -1.55. The van der Waals surface area contributed by atoms with Crippen LogP contribution in [-0.2, 0) is 24.8 Å².